The number of nitrogens with one attached hydrogen (secondary N) is 1. The number of pyridine rings is 1. The van der Waals surface area contributed by atoms with Crippen LogP contribution in [-0.4, -0.2) is 16.2 Å². The number of rotatable bonds is 3. The van der Waals surface area contributed by atoms with Gasteiger partial charge in [-0.05, 0) is 36.8 Å². The summed E-state index contributed by atoms with van der Waals surface area (Å²) in [5, 5.41) is 3.09. The zero-order valence-corrected chi connectivity index (χ0v) is 11.6. The molecule has 0 spiro atoms. The van der Waals surface area contributed by atoms with Gasteiger partial charge >= 0.3 is 0 Å². The minimum absolute atomic E-state index is 0.0654. The number of aromatic nitrogens is 1. The number of benzene rings is 1. The molecule has 4 heteroatoms. The number of anilines is 1. The highest BCUT2D eigenvalue weighted by Gasteiger charge is 2.03. The van der Waals surface area contributed by atoms with E-state index in [0.29, 0.717) is 5.33 Å². The topological polar surface area (TPSA) is 42.0 Å². The van der Waals surface area contributed by atoms with Crippen molar-refractivity contribution in [1.82, 2.24) is 4.98 Å². The molecular weight excluding hydrogens is 292 g/mol. The summed E-state index contributed by atoms with van der Waals surface area (Å²) in [5.41, 5.74) is 3.84. The molecule has 0 aliphatic carbocycles. The van der Waals surface area contributed by atoms with Crippen molar-refractivity contribution in [3.8, 4) is 11.3 Å². The van der Waals surface area contributed by atoms with Crippen LogP contribution in [0, 0.1) is 6.92 Å². The molecule has 0 aliphatic rings. The Morgan fingerprint density at radius 1 is 1.33 bits per heavy atom. The second-order valence-corrected chi connectivity index (χ2v) is 4.54. The molecule has 0 unspecified atom stereocenters. The number of carbonyl (C=O) groups is 1. The first kappa shape index (κ1) is 12.8. The Morgan fingerprint density at radius 2 is 2.17 bits per heavy atom. The van der Waals surface area contributed by atoms with Gasteiger partial charge in [-0.15, -0.1) is 0 Å². The molecule has 1 N–H and O–H groups in total. The summed E-state index contributed by atoms with van der Waals surface area (Å²) >= 11 is 3.12. The molecule has 1 aromatic heterocycles. The van der Waals surface area contributed by atoms with Crippen LogP contribution in [0.4, 0.5) is 5.69 Å². The lowest BCUT2D eigenvalue weighted by Gasteiger charge is -2.06. The predicted octanol–water partition coefficient (Wildman–Crippen LogP) is 3.39. The molecule has 3 nitrogen and oxygen atoms in total. The zero-order chi connectivity index (χ0) is 13.0. The molecule has 1 amide bonds. The quantitative estimate of drug-likeness (QED) is 0.883. The molecule has 92 valence electrons. The Morgan fingerprint density at radius 3 is 2.89 bits per heavy atom. The predicted molar refractivity (Wildman–Crippen MR) is 76.8 cm³/mol. The maximum atomic E-state index is 11.3. The third-order valence-electron chi connectivity index (χ3n) is 2.48. The van der Waals surface area contributed by atoms with Crippen molar-refractivity contribution in [1.29, 1.82) is 0 Å². The van der Waals surface area contributed by atoms with E-state index in [2.05, 4.69) is 26.2 Å². The number of nitrogens with zero attached hydrogens (tertiary/aromatic N) is 1. The first-order valence-corrected chi connectivity index (χ1v) is 6.70. The van der Waals surface area contributed by atoms with E-state index in [1.54, 1.807) is 6.20 Å². The lowest BCUT2D eigenvalue weighted by Crippen LogP contribution is -2.12. The van der Waals surface area contributed by atoms with Gasteiger partial charge in [-0.3, -0.25) is 9.78 Å². The van der Waals surface area contributed by atoms with Gasteiger partial charge in [0.15, 0.2) is 0 Å². The first-order chi connectivity index (χ1) is 8.69. The van der Waals surface area contributed by atoms with Gasteiger partial charge < -0.3 is 5.32 Å². The second kappa shape index (κ2) is 5.78. The lowest BCUT2D eigenvalue weighted by molar-refractivity contribution is -0.113. The molecule has 0 bridgehead atoms. The molecule has 2 aromatic rings. The van der Waals surface area contributed by atoms with E-state index < -0.39 is 0 Å². The van der Waals surface area contributed by atoms with Gasteiger partial charge in [0, 0.05) is 17.4 Å². The highest BCUT2D eigenvalue weighted by Crippen LogP contribution is 2.21. The Labute approximate surface area is 114 Å². The summed E-state index contributed by atoms with van der Waals surface area (Å²) in [6.07, 6.45) is 1.79. The van der Waals surface area contributed by atoms with Crippen molar-refractivity contribution in [2.75, 3.05) is 10.6 Å². The number of aryl methyl sites for hydroxylation is 1. The highest BCUT2D eigenvalue weighted by atomic mass is 79.9. The Hall–Kier alpha value is -1.68. The van der Waals surface area contributed by atoms with Crippen molar-refractivity contribution in [2.45, 2.75) is 6.92 Å². The fraction of sp³-hybridized carbons (Fsp3) is 0.143. The molecule has 0 radical (unpaired) electrons. The van der Waals surface area contributed by atoms with Crippen LogP contribution in [0.25, 0.3) is 11.3 Å². The molecule has 2 rings (SSSR count). The number of carbonyl (C=O) groups excluding carboxylic acids is 1. The SMILES string of the molecule is Cc1ccnc(-c2cccc(NC(=O)CBr)c2)c1. The van der Waals surface area contributed by atoms with Gasteiger partial charge in [-0.25, -0.2) is 0 Å². The number of halogens is 1. The molecule has 0 saturated carbocycles. The van der Waals surface area contributed by atoms with E-state index in [1.807, 2.05) is 43.3 Å². The monoisotopic (exact) mass is 304 g/mol. The summed E-state index contributed by atoms with van der Waals surface area (Å²) in [6.45, 7) is 2.03. The van der Waals surface area contributed by atoms with Gasteiger partial charge in [0.2, 0.25) is 5.91 Å². The Kier molecular flexibility index (Phi) is 4.10. The molecule has 0 fully saturated rings. The normalized spacial score (nSPS) is 10.1. The van der Waals surface area contributed by atoms with Crippen LogP contribution >= 0.6 is 15.9 Å². The van der Waals surface area contributed by atoms with Crippen molar-refractivity contribution in [3.05, 3.63) is 48.2 Å². The summed E-state index contributed by atoms with van der Waals surface area (Å²) in [4.78, 5) is 15.6. The van der Waals surface area contributed by atoms with Crippen molar-refractivity contribution < 1.29 is 4.79 Å². The van der Waals surface area contributed by atoms with Crippen LogP contribution in [0.1, 0.15) is 5.56 Å². The third-order valence-corrected chi connectivity index (χ3v) is 2.99. The molecule has 0 saturated heterocycles. The van der Waals surface area contributed by atoms with Crippen molar-refractivity contribution in [2.24, 2.45) is 0 Å². The maximum Gasteiger partial charge on any atom is 0.235 e. The fourth-order valence-electron chi connectivity index (χ4n) is 1.64. The standard InChI is InChI=1S/C14H13BrN2O/c1-10-5-6-16-13(7-10)11-3-2-4-12(8-11)17-14(18)9-15/h2-8H,9H2,1H3,(H,17,18). The molecule has 1 aromatic carbocycles. The van der Waals surface area contributed by atoms with Crippen LogP contribution in [0.3, 0.4) is 0 Å². The molecule has 0 atom stereocenters. The van der Waals surface area contributed by atoms with Crippen LogP contribution in [0.5, 0.6) is 0 Å². The summed E-state index contributed by atoms with van der Waals surface area (Å²) < 4.78 is 0. The lowest BCUT2D eigenvalue weighted by atomic mass is 10.1. The largest absolute Gasteiger partial charge is 0.325 e. The Bertz CT molecular complexity index is 569. The fourth-order valence-corrected chi connectivity index (χ4v) is 1.78. The zero-order valence-electron chi connectivity index (χ0n) is 9.98. The Balaban J connectivity index is 2.29. The average molecular weight is 305 g/mol. The molecular formula is C14H13BrN2O. The van der Waals surface area contributed by atoms with Gasteiger partial charge in [0.05, 0.1) is 11.0 Å². The molecule has 18 heavy (non-hydrogen) atoms. The summed E-state index contributed by atoms with van der Waals surface area (Å²) in [7, 11) is 0. The van der Waals surface area contributed by atoms with Gasteiger partial charge in [0.25, 0.3) is 0 Å². The van der Waals surface area contributed by atoms with Crippen LogP contribution in [0.15, 0.2) is 42.6 Å². The number of alkyl halides is 1. The average Bonchev–Trinajstić information content (AvgIpc) is 2.39. The van der Waals surface area contributed by atoms with E-state index in [0.717, 1.165) is 22.5 Å². The van der Waals surface area contributed by atoms with Crippen molar-refractivity contribution in [3.63, 3.8) is 0 Å². The number of amides is 1. The summed E-state index contributed by atoms with van der Waals surface area (Å²) in [6, 6.07) is 11.6. The highest BCUT2D eigenvalue weighted by molar-refractivity contribution is 9.09. The number of hydrogen-bond acceptors (Lipinski definition) is 2. The molecule has 0 aliphatic heterocycles. The first-order valence-electron chi connectivity index (χ1n) is 5.58. The van der Waals surface area contributed by atoms with E-state index >= 15 is 0 Å². The van der Waals surface area contributed by atoms with E-state index in [4.69, 9.17) is 0 Å². The van der Waals surface area contributed by atoms with Gasteiger partial charge in [-0.1, -0.05) is 28.1 Å². The summed E-state index contributed by atoms with van der Waals surface area (Å²) in [5.74, 6) is -0.0654. The van der Waals surface area contributed by atoms with Crippen LogP contribution < -0.4 is 5.32 Å². The maximum absolute atomic E-state index is 11.3. The smallest absolute Gasteiger partial charge is 0.235 e. The van der Waals surface area contributed by atoms with E-state index in [1.165, 1.54) is 0 Å². The van der Waals surface area contributed by atoms with Gasteiger partial charge in [0.1, 0.15) is 0 Å². The third kappa shape index (κ3) is 3.17. The van der Waals surface area contributed by atoms with Crippen LogP contribution in [-0.2, 0) is 4.79 Å². The minimum Gasteiger partial charge on any atom is -0.325 e. The molecule has 1 heterocycles. The van der Waals surface area contributed by atoms with Crippen LogP contribution in [0.2, 0.25) is 0 Å². The number of hydrogen-bond donors (Lipinski definition) is 1. The van der Waals surface area contributed by atoms with Gasteiger partial charge in [-0.2, -0.15) is 0 Å². The minimum atomic E-state index is -0.0654. The van der Waals surface area contributed by atoms with Crippen molar-refractivity contribution >= 4 is 27.5 Å². The second-order valence-electron chi connectivity index (χ2n) is 3.98. The van der Waals surface area contributed by atoms with E-state index in [-0.39, 0.29) is 5.91 Å². The van der Waals surface area contributed by atoms with E-state index in [9.17, 15) is 4.79 Å².